The highest BCUT2D eigenvalue weighted by molar-refractivity contribution is 7.89. The number of carbonyl (C=O) groups excluding carboxylic acids is 1. The van der Waals surface area contributed by atoms with Crippen LogP contribution in [-0.4, -0.2) is 67.5 Å². The van der Waals surface area contributed by atoms with Gasteiger partial charge in [0.1, 0.15) is 11.6 Å². The van der Waals surface area contributed by atoms with E-state index >= 15 is 0 Å². The Morgan fingerprint density at radius 2 is 1.92 bits per heavy atom. The van der Waals surface area contributed by atoms with Gasteiger partial charge in [0.15, 0.2) is 5.82 Å². The number of hydrogen-bond acceptors (Lipinski definition) is 7. The maximum Gasteiger partial charge on any atom is 0.258 e. The van der Waals surface area contributed by atoms with Crippen LogP contribution in [-0.2, 0) is 23.0 Å². The number of fused-ring (bicyclic) bond motifs is 1. The van der Waals surface area contributed by atoms with E-state index in [1.807, 2.05) is 19.0 Å². The fourth-order valence-corrected chi connectivity index (χ4v) is 5.34. The van der Waals surface area contributed by atoms with Crippen molar-refractivity contribution in [2.45, 2.75) is 17.9 Å². The third-order valence-electron chi connectivity index (χ3n) is 5.79. The van der Waals surface area contributed by atoms with E-state index in [0.29, 0.717) is 23.9 Å². The summed E-state index contributed by atoms with van der Waals surface area (Å²) in [6.07, 6.45) is 0.282. The van der Waals surface area contributed by atoms with Gasteiger partial charge in [-0.25, -0.2) is 17.2 Å². The second kappa shape index (κ2) is 10.2. The molecule has 10 nitrogen and oxygen atoms in total. The molecule has 0 saturated carbocycles. The standard InChI is InChI=1S/C23H27F2N7O3S/c1-31(2)8-6-27-16-3-4-18(20(26)12-16)23(33)28-22-19-13-32(7-5-21(19)29-30-22)36(34,35)17-10-14(24)9-15(25)11-17/h3-4,9-12,27H,5-8,13,26H2,1-2H3,(H2,28,29,30,33). The molecule has 0 radical (unpaired) electrons. The smallest absolute Gasteiger partial charge is 0.258 e. The Kier molecular flexibility index (Phi) is 7.24. The van der Waals surface area contributed by atoms with Crippen molar-refractivity contribution in [3.05, 3.63) is 64.9 Å². The molecule has 1 amide bonds. The van der Waals surface area contributed by atoms with Crippen molar-refractivity contribution in [1.29, 1.82) is 0 Å². The maximum atomic E-state index is 13.6. The number of rotatable bonds is 8. The van der Waals surface area contributed by atoms with E-state index in [9.17, 15) is 22.0 Å². The Balaban J connectivity index is 1.49. The number of nitrogens with zero attached hydrogens (tertiary/aromatic N) is 3. The van der Waals surface area contributed by atoms with Gasteiger partial charge in [-0.05, 0) is 44.4 Å². The predicted molar refractivity (Wildman–Crippen MR) is 132 cm³/mol. The monoisotopic (exact) mass is 519 g/mol. The molecular formula is C23H27F2N7O3S. The lowest BCUT2D eigenvalue weighted by atomic mass is 10.1. The highest BCUT2D eigenvalue weighted by Crippen LogP contribution is 2.29. The minimum Gasteiger partial charge on any atom is -0.398 e. The number of benzene rings is 2. The Morgan fingerprint density at radius 3 is 2.58 bits per heavy atom. The maximum absolute atomic E-state index is 13.6. The van der Waals surface area contributed by atoms with E-state index in [-0.39, 0.29) is 36.6 Å². The summed E-state index contributed by atoms with van der Waals surface area (Å²) in [6.45, 7) is 1.48. The average molecular weight is 520 g/mol. The number of H-pyrrole nitrogens is 1. The molecule has 36 heavy (non-hydrogen) atoms. The number of nitrogens with one attached hydrogen (secondary N) is 3. The lowest BCUT2D eigenvalue weighted by Gasteiger charge is -2.26. The molecule has 0 aliphatic carbocycles. The lowest BCUT2D eigenvalue weighted by molar-refractivity contribution is 0.102. The first kappa shape index (κ1) is 25.5. The van der Waals surface area contributed by atoms with Gasteiger partial charge in [0.05, 0.1) is 10.5 Å². The molecule has 0 unspecified atom stereocenters. The predicted octanol–water partition coefficient (Wildman–Crippen LogP) is 2.24. The van der Waals surface area contributed by atoms with Gasteiger partial charge < -0.3 is 21.3 Å². The SMILES string of the molecule is CN(C)CCNc1ccc(C(=O)Nc2n[nH]c3c2CN(S(=O)(=O)c2cc(F)cc(F)c2)CC3)c(N)c1. The van der Waals surface area contributed by atoms with Crippen LogP contribution >= 0.6 is 0 Å². The van der Waals surface area contributed by atoms with Crippen LogP contribution in [0.5, 0.6) is 0 Å². The Hall–Kier alpha value is -3.55. The molecule has 4 rings (SSSR count). The van der Waals surface area contributed by atoms with E-state index in [4.69, 9.17) is 5.73 Å². The van der Waals surface area contributed by atoms with Gasteiger partial charge in [0.2, 0.25) is 10.0 Å². The van der Waals surface area contributed by atoms with Gasteiger partial charge in [0, 0.05) is 61.3 Å². The van der Waals surface area contributed by atoms with Gasteiger partial charge >= 0.3 is 0 Å². The summed E-state index contributed by atoms with van der Waals surface area (Å²) >= 11 is 0. The van der Waals surface area contributed by atoms with Crippen molar-refractivity contribution < 1.29 is 22.0 Å². The topological polar surface area (TPSA) is 136 Å². The quantitative estimate of drug-likeness (QED) is 0.335. The van der Waals surface area contributed by atoms with Gasteiger partial charge in [-0.3, -0.25) is 9.89 Å². The summed E-state index contributed by atoms with van der Waals surface area (Å²) in [5.74, 6) is -2.32. The van der Waals surface area contributed by atoms with E-state index in [1.165, 1.54) is 0 Å². The van der Waals surface area contributed by atoms with Crippen LogP contribution in [0.2, 0.25) is 0 Å². The van der Waals surface area contributed by atoms with Crippen LogP contribution in [0.25, 0.3) is 0 Å². The first-order valence-corrected chi connectivity index (χ1v) is 12.6. The molecule has 0 bridgehead atoms. The van der Waals surface area contributed by atoms with Crippen molar-refractivity contribution in [3.63, 3.8) is 0 Å². The molecule has 13 heteroatoms. The molecule has 2 heterocycles. The molecule has 0 spiro atoms. The largest absolute Gasteiger partial charge is 0.398 e. The van der Waals surface area contributed by atoms with Gasteiger partial charge in [-0.2, -0.15) is 9.40 Å². The third kappa shape index (κ3) is 5.48. The minimum atomic E-state index is -4.18. The summed E-state index contributed by atoms with van der Waals surface area (Å²) in [7, 11) is -0.250. The van der Waals surface area contributed by atoms with Crippen LogP contribution < -0.4 is 16.4 Å². The summed E-state index contributed by atoms with van der Waals surface area (Å²) in [5.41, 5.74) is 8.51. The van der Waals surface area contributed by atoms with Crippen LogP contribution in [0.3, 0.4) is 0 Å². The zero-order valence-electron chi connectivity index (χ0n) is 19.8. The van der Waals surface area contributed by atoms with E-state index in [0.717, 1.165) is 28.7 Å². The normalized spacial score (nSPS) is 14.0. The lowest BCUT2D eigenvalue weighted by Crippen LogP contribution is -2.36. The fraction of sp³-hybridized carbons (Fsp3) is 0.304. The van der Waals surface area contributed by atoms with E-state index in [1.54, 1.807) is 18.2 Å². The van der Waals surface area contributed by atoms with Crippen LogP contribution in [0.15, 0.2) is 41.3 Å². The average Bonchev–Trinajstić information content (AvgIpc) is 3.20. The number of carbonyl (C=O) groups is 1. The number of likely N-dealkylation sites (N-methyl/N-ethyl adjacent to an activating group) is 1. The van der Waals surface area contributed by atoms with Crippen molar-refractivity contribution in [1.82, 2.24) is 19.4 Å². The third-order valence-corrected chi connectivity index (χ3v) is 7.61. The number of nitrogens with two attached hydrogens (primary N) is 1. The van der Waals surface area contributed by atoms with Crippen molar-refractivity contribution in [3.8, 4) is 0 Å². The fourth-order valence-electron chi connectivity index (χ4n) is 3.88. The summed E-state index contributed by atoms with van der Waals surface area (Å²) in [6, 6.07) is 7.15. The molecule has 0 fully saturated rings. The Bertz CT molecular complexity index is 1370. The highest BCUT2D eigenvalue weighted by Gasteiger charge is 2.32. The number of nitrogen functional groups attached to an aromatic ring is 1. The number of aromatic nitrogens is 2. The first-order valence-electron chi connectivity index (χ1n) is 11.2. The van der Waals surface area contributed by atoms with Crippen molar-refractivity contribution >= 4 is 33.1 Å². The number of anilines is 3. The molecule has 3 aromatic rings. The van der Waals surface area contributed by atoms with E-state index < -0.39 is 32.5 Å². The zero-order valence-corrected chi connectivity index (χ0v) is 20.6. The Labute approximate surface area is 207 Å². The van der Waals surface area contributed by atoms with Crippen molar-refractivity contribution in [2.75, 3.05) is 50.1 Å². The molecule has 0 atom stereocenters. The molecule has 1 aliphatic heterocycles. The number of aromatic amines is 1. The second-order valence-electron chi connectivity index (χ2n) is 8.71. The Morgan fingerprint density at radius 1 is 1.19 bits per heavy atom. The van der Waals surface area contributed by atoms with Gasteiger partial charge in [-0.1, -0.05) is 0 Å². The second-order valence-corrected chi connectivity index (χ2v) is 10.6. The van der Waals surface area contributed by atoms with E-state index in [2.05, 4.69) is 20.8 Å². The summed E-state index contributed by atoms with van der Waals surface area (Å²) in [4.78, 5) is 14.5. The molecule has 192 valence electrons. The van der Waals surface area contributed by atoms with Gasteiger partial charge in [0.25, 0.3) is 5.91 Å². The number of hydrogen-bond donors (Lipinski definition) is 4. The summed E-state index contributed by atoms with van der Waals surface area (Å²) < 4.78 is 54.4. The van der Waals surface area contributed by atoms with Crippen molar-refractivity contribution in [2.24, 2.45) is 0 Å². The molecule has 0 saturated heterocycles. The molecule has 5 N–H and O–H groups in total. The molecule has 2 aromatic carbocycles. The molecule has 1 aliphatic rings. The molecule has 1 aromatic heterocycles. The summed E-state index contributed by atoms with van der Waals surface area (Å²) in [5, 5.41) is 12.9. The minimum absolute atomic E-state index is 0.0816. The number of halogens is 2. The van der Waals surface area contributed by atoms with Crippen LogP contribution in [0.4, 0.5) is 26.0 Å². The zero-order chi connectivity index (χ0) is 26.0. The van der Waals surface area contributed by atoms with Gasteiger partial charge in [-0.15, -0.1) is 0 Å². The number of sulfonamides is 1. The first-order chi connectivity index (χ1) is 17.0. The van der Waals surface area contributed by atoms with Crippen LogP contribution in [0, 0.1) is 11.6 Å². The molecular weight excluding hydrogens is 492 g/mol. The van der Waals surface area contributed by atoms with Crippen LogP contribution in [0.1, 0.15) is 21.6 Å². The number of amides is 1. The highest BCUT2D eigenvalue weighted by atomic mass is 32.2.